The van der Waals surface area contributed by atoms with Crippen LogP contribution in [0.4, 0.5) is 5.69 Å². The van der Waals surface area contributed by atoms with Crippen LogP contribution in [-0.4, -0.2) is 53.7 Å². The number of carboxylic acid groups (broad SMARTS) is 1. The van der Waals surface area contributed by atoms with Gasteiger partial charge in [0.2, 0.25) is 0 Å². The predicted molar refractivity (Wildman–Crippen MR) is 130 cm³/mol. The molecule has 0 unspecified atom stereocenters. The molecule has 1 fully saturated rings. The third kappa shape index (κ3) is 5.99. The van der Waals surface area contributed by atoms with E-state index in [1.807, 2.05) is 25.1 Å². The van der Waals surface area contributed by atoms with E-state index in [2.05, 4.69) is 4.90 Å². The minimum atomic E-state index is -0.900. The number of aliphatic imine (C=N–C) groups is 1. The molecule has 0 aliphatic carbocycles. The second-order valence-corrected chi connectivity index (χ2v) is 9.42. The number of hydrogen-bond acceptors (Lipinski definition) is 5. The van der Waals surface area contributed by atoms with Gasteiger partial charge in [-0.15, -0.1) is 0 Å². The summed E-state index contributed by atoms with van der Waals surface area (Å²) in [5, 5.41) is 10.2. The van der Waals surface area contributed by atoms with Crippen molar-refractivity contribution in [3.05, 3.63) is 57.6 Å². The molecule has 0 atom stereocenters. The number of fused-ring (bicyclic) bond motifs is 1. The van der Waals surface area contributed by atoms with Gasteiger partial charge in [-0.2, -0.15) is 0 Å². The Morgan fingerprint density at radius 1 is 1.15 bits per heavy atom. The number of carbonyl (C=O) groups is 1. The first-order valence-corrected chi connectivity index (χ1v) is 12.0. The van der Waals surface area contributed by atoms with Crippen molar-refractivity contribution >= 4 is 40.7 Å². The minimum absolute atomic E-state index is 0.0877. The first-order valence-electron chi connectivity index (χ1n) is 11.2. The molecule has 4 rings (SSSR count). The van der Waals surface area contributed by atoms with Crippen LogP contribution in [0, 0.1) is 0 Å². The summed E-state index contributed by atoms with van der Waals surface area (Å²) >= 11 is 12.3. The van der Waals surface area contributed by atoms with Gasteiger partial charge in [0.05, 0.1) is 24.3 Å². The summed E-state index contributed by atoms with van der Waals surface area (Å²) < 4.78 is 12.2. The Morgan fingerprint density at radius 2 is 1.94 bits per heavy atom. The molecular formula is C25H28Cl2N2O4. The Bertz CT molecular complexity index is 1050. The number of nitrogens with zero attached hydrogens (tertiary/aromatic N) is 2. The van der Waals surface area contributed by atoms with Crippen LogP contribution in [0.25, 0.3) is 0 Å². The van der Waals surface area contributed by atoms with Crippen LogP contribution in [-0.2, 0) is 22.4 Å². The molecule has 8 heteroatoms. The van der Waals surface area contributed by atoms with E-state index in [-0.39, 0.29) is 12.0 Å². The average Bonchev–Trinajstić information content (AvgIpc) is 3.17. The number of amidine groups is 1. The summed E-state index contributed by atoms with van der Waals surface area (Å²) in [5.74, 6) is 0.779. The topological polar surface area (TPSA) is 71.4 Å². The standard InChI is InChI=1S/C25H28Cl2N2O4/c1-2-33-25(7-10-32-21-12-17(13-24(30)31)11-20(27)16-21)5-8-29(9-6-25)23-15-18-14-19(26)3-4-22(18)28-23/h3-4,11-12,14,16H,2,5-10,13,15H2,1H3,(H,30,31). The molecule has 0 spiro atoms. The van der Waals surface area contributed by atoms with Crippen molar-refractivity contribution in [2.45, 2.75) is 44.6 Å². The van der Waals surface area contributed by atoms with Crippen LogP contribution in [0.15, 0.2) is 41.4 Å². The molecule has 0 saturated carbocycles. The van der Waals surface area contributed by atoms with Gasteiger partial charge < -0.3 is 19.5 Å². The number of hydrogen-bond donors (Lipinski definition) is 1. The summed E-state index contributed by atoms with van der Waals surface area (Å²) in [7, 11) is 0. The van der Waals surface area contributed by atoms with Crippen LogP contribution < -0.4 is 4.74 Å². The number of rotatable bonds is 8. The van der Waals surface area contributed by atoms with Crippen molar-refractivity contribution in [2.24, 2.45) is 4.99 Å². The van der Waals surface area contributed by atoms with E-state index in [4.69, 9.17) is 42.8 Å². The van der Waals surface area contributed by atoms with E-state index in [0.717, 1.165) is 55.3 Å². The zero-order valence-corrected chi connectivity index (χ0v) is 20.2. The molecule has 33 heavy (non-hydrogen) atoms. The average molecular weight is 491 g/mol. The Hall–Kier alpha value is -2.28. The Labute approximate surface area is 204 Å². The number of carboxylic acids is 1. The van der Waals surface area contributed by atoms with Crippen LogP contribution in [0.2, 0.25) is 10.0 Å². The predicted octanol–water partition coefficient (Wildman–Crippen LogP) is 5.55. The summed E-state index contributed by atoms with van der Waals surface area (Å²) in [6, 6.07) is 11.0. The van der Waals surface area contributed by atoms with Crippen LogP contribution >= 0.6 is 23.2 Å². The molecular weight excluding hydrogens is 463 g/mol. The molecule has 0 aromatic heterocycles. The van der Waals surface area contributed by atoms with Gasteiger partial charge in [-0.25, -0.2) is 4.99 Å². The fraction of sp³-hybridized carbons (Fsp3) is 0.440. The summed E-state index contributed by atoms with van der Waals surface area (Å²) in [4.78, 5) is 18.2. The molecule has 2 aliphatic rings. The highest BCUT2D eigenvalue weighted by atomic mass is 35.5. The third-order valence-corrected chi connectivity index (χ3v) is 6.70. The summed E-state index contributed by atoms with van der Waals surface area (Å²) in [6.07, 6.45) is 3.25. The van der Waals surface area contributed by atoms with E-state index in [0.29, 0.717) is 29.5 Å². The first kappa shape index (κ1) is 23.9. The van der Waals surface area contributed by atoms with Gasteiger partial charge in [0.15, 0.2) is 0 Å². The number of benzene rings is 2. The number of likely N-dealkylation sites (tertiary alicyclic amines) is 1. The van der Waals surface area contributed by atoms with Crippen molar-refractivity contribution in [3.63, 3.8) is 0 Å². The summed E-state index contributed by atoms with van der Waals surface area (Å²) in [6.45, 7) is 4.88. The smallest absolute Gasteiger partial charge is 0.307 e. The van der Waals surface area contributed by atoms with Crippen molar-refractivity contribution in [2.75, 3.05) is 26.3 Å². The fourth-order valence-electron chi connectivity index (χ4n) is 4.62. The van der Waals surface area contributed by atoms with Gasteiger partial charge >= 0.3 is 5.97 Å². The quantitative estimate of drug-likeness (QED) is 0.525. The highest BCUT2D eigenvalue weighted by molar-refractivity contribution is 6.31. The highest BCUT2D eigenvalue weighted by Crippen LogP contribution is 2.34. The summed E-state index contributed by atoms with van der Waals surface area (Å²) in [5.41, 5.74) is 2.56. The number of halogens is 2. The van der Waals surface area contributed by atoms with Crippen LogP contribution in [0.5, 0.6) is 5.75 Å². The molecule has 1 N–H and O–H groups in total. The third-order valence-electron chi connectivity index (χ3n) is 6.24. The second-order valence-electron chi connectivity index (χ2n) is 8.55. The lowest BCUT2D eigenvalue weighted by atomic mass is 9.87. The van der Waals surface area contributed by atoms with Crippen molar-refractivity contribution < 1.29 is 19.4 Å². The van der Waals surface area contributed by atoms with E-state index in [9.17, 15) is 4.79 Å². The van der Waals surface area contributed by atoms with Crippen LogP contribution in [0.3, 0.4) is 0 Å². The lowest BCUT2D eigenvalue weighted by Gasteiger charge is -2.42. The van der Waals surface area contributed by atoms with Crippen LogP contribution in [0.1, 0.15) is 37.3 Å². The van der Waals surface area contributed by atoms with E-state index in [1.54, 1.807) is 18.2 Å². The van der Waals surface area contributed by atoms with Crippen molar-refractivity contribution in [3.8, 4) is 5.75 Å². The molecule has 6 nitrogen and oxygen atoms in total. The van der Waals surface area contributed by atoms with Gasteiger partial charge in [-0.05, 0) is 67.3 Å². The Kier molecular flexibility index (Phi) is 7.47. The molecule has 0 radical (unpaired) electrons. The first-order chi connectivity index (χ1) is 15.9. The monoisotopic (exact) mass is 490 g/mol. The second kappa shape index (κ2) is 10.3. The zero-order valence-electron chi connectivity index (χ0n) is 18.7. The fourth-order valence-corrected chi connectivity index (χ4v) is 5.06. The molecule has 2 aromatic rings. The largest absolute Gasteiger partial charge is 0.493 e. The number of aliphatic carboxylic acids is 1. The molecule has 2 heterocycles. The van der Waals surface area contributed by atoms with Gasteiger partial charge in [-0.1, -0.05) is 23.2 Å². The van der Waals surface area contributed by atoms with Gasteiger partial charge in [-0.3, -0.25) is 4.79 Å². The number of piperidine rings is 1. The van der Waals surface area contributed by atoms with E-state index in [1.165, 1.54) is 5.56 Å². The maximum atomic E-state index is 11.0. The molecule has 0 bridgehead atoms. The van der Waals surface area contributed by atoms with Crippen molar-refractivity contribution in [1.29, 1.82) is 0 Å². The van der Waals surface area contributed by atoms with E-state index >= 15 is 0 Å². The SMILES string of the molecule is CCOC1(CCOc2cc(Cl)cc(CC(=O)O)c2)CCN(C2=Nc3ccc(Cl)cc3C2)CC1. The normalized spacial score (nSPS) is 16.9. The Morgan fingerprint density at radius 3 is 2.67 bits per heavy atom. The molecule has 0 amide bonds. The van der Waals surface area contributed by atoms with Crippen molar-refractivity contribution in [1.82, 2.24) is 4.90 Å². The van der Waals surface area contributed by atoms with Gasteiger partial charge in [0, 0.05) is 42.6 Å². The zero-order chi connectivity index (χ0) is 23.4. The highest BCUT2D eigenvalue weighted by Gasteiger charge is 2.36. The lowest BCUT2D eigenvalue weighted by Crippen LogP contribution is -2.48. The minimum Gasteiger partial charge on any atom is -0.493 e. The molecule has 176 valence electrons. The van der Waals surface area contributed by atoms with Gasteiger partial charge in [0.25, 0.3) is 0 Å². The maximum Gasteiger partial charge on any atom is 0.307 e. The Balaban J connectivity index is 1.34. The molecule has 2 aliphatic heterocycles. The maximum absolute atomic E-state index is 11.0. The lowest BCUT2D eigenvalue weighted by molar-refractivity contribution is -0.136. The van der Waals surface area contributed by atoms with Gasteiger partial charge in [0.1, 0.15) is 11.6 Å². The number of ether oxygens (including phenoxy) is 2. The molecule has 2 aromatic carbocycles. The van der Waals surface area contributed by atoms with E-state index < -0.39 is 5.97 Å². The molecule has 1 saturated heterocycles.